The van der Waals surface area contributed by atoms with Crippen LogP contribution in [0.5, 0.6) is 5.75 Å². The lowest BCUT2D eigenvalue weighted by atomic mass is 10.2. The maximum absolute atomic E-state index is 12.7. The van der Waals surface area contributed by atoms with Gasteiger partial charge in [0.05, 0.1) is 12.2 Å². The molecular formula is C22H26BrN3O3S. The highest BCUT2D eigenvalue weighted by Crippen LogP contribution is 2.24. The number of carbonyl (C=O) groups is 2. The average Bonchev–Trinajstić information content (AvgIpc) is 2.66. The number of hydrogen-bond donors (Lipinski definition) is 3. The van der Waals surface area contributed by atoms with Crippen molar-refractivity contribution in [2.24, 2.45) is 5.92 Å². The van der Waals surface area contributed by atoms with Gasteiger partial charge in [-0.3, -0.25) is 14.9 Å². The Kier molecular flexibility index (Phi) is 8.80. The van der Waals surface area contributed by atoms with E-state index in [-0.39, 0.29) is 23.0 Å². The summed E-state index contributed by atoms with van der Waals surface area (Å²) in [7, 11) is 0. The summed E-state index contributed by atoms with van der Waals surface area (Å²) in [6.07, 6.45) is 0. The standard InChI is InChI=1S/C22H26BrN3O3S/c1-13(2)12-29-19-10-7-16(23)11-18(19)21(28)26-22(30)25-17-8-5-15(6-9-17)20(27)24-14(3)4/h5-11,13-14H,12H2,1-4H3,(H,24,27)(H2,25,26,28,30). The van der Waals surface area contributed by atoms with Crippen LogP contribution in [0.4, 0.5) is 5.69 Å². The Morgan fingerprint density at radius 1 is 1.03 bits per heavy atom. The number of ether oxygens (including phenoxy) is 1. The summed E-state index contributed by atoms with van der Waals surface area (Å²) in [6.45, 7) is 8.38. The zero-order valence-electron chi connectivity index (χ0n) is 17.4. The van der Waals surface area contributed by atoms with Crippen LogP contribution in [0.2, 0.25) is 0 Å². The van der Waals surface area contributed by atoms with Crippen molar-refractivity contribution in [1.82, 2.24) is 10.6 Å². The summed E-state index contributed by atoms with van der Waals surface area (Å²) in [6, 6.07) is 12.2. The highest BCUT2D eigenvalue weighted by Gasteiger charge is 2.15. The molecule has 30 heavy (non-hydrogen) atoms. The minimum atomic E-state index is -0.375. The number of hydrogen-bond acceptors (Lipinski definition) is 4. The molecule has 0 spiro atoms. The molecule has 0 aliphatic carbocycles. The van der Waals surface area contributed by atoms with E-state index >= 15 is 0 Å². The van der Waals surface area contributed by atoms with Gasteiger partial charge >= 0.3 is 0 Å². The monoisotopic (exact) mass is 491 g/mol. The van der Waals surface area contributed by atoms with Crippen molar-refractivity contribution >= 4 is 50.8 Å². The first-order valence-electron chi connectivity index (χ1n) is 9.61. The fourth-order valence-electron chi connectivity index (χ4n) is 2.45. The third-order valence-corrected chi connectivity index (χ3v) is 4.51. The van der Waals surface area contributed by atoms with Crippen molar-refractivity contribution in [1.29, 1.82) is 0 Å². The van der Waals surface area contributed by atoms with Crippen molar-refractivity contribution in [3.8, 4) is 5.75 Å². The highest BCUT2D eigenvalue weighted by atomic mass is 79.9. The molecule has 0 aliphatic rings. The van der Waals surface area contributed by atoms with Crippen LogP contribution in [-0.4, -0.2) is 29.6 Å². The minimum Gasteiger partial charge on any atom is -0.492 e. The van der Waals surface area contributed by atoms with Crippen LogP contribution in [-0.2, 0) is 0 Å². The predicted octanol–water partition coefficient (Wildman–Crippen LogP) is 4.75. The topological polar surface area (TPSA) is 79.5 Å². The average molecular weight is 492 g/mol. The lowest BCUT2D eigenvalue weighted by Gasteiger charge is -2.15. The zero-order chi connectivity index (χ0) is 22.3. The van der Waals surface area contributed by atoms with E-state index in [9.17, 15) is 9.59 Å². The van der Waals surface area contributed by atoms with Gasteiger partial charge in [-0.1, -0.05) is 29.8 Å². The molecule has 0 saturated heterocycles. The third kappa shape index (κ3) is 7.42. The number of anilines is 1. The van der Waals surface area contributed by atoms with Crippen LogP contribution in [0, 0.1) is 5.92 Å². The van der Waals surface area contributed by atoms with Crippen molar-refractivity contribution in [2.45, 2.75) is 33.7 Å². The second kappa shape index (κ2) is 11.1. The van der Waals surface area contributed by atoms with E-state index in [0.29, 0.717) is 35.1 Å². The van der Waals surface area contributed by atoms with Gasteiger partial charge in [0.25, 0.3) is 11.8 Å². The number of halogens is 1. The Hall–Kier alpha value is -2.45. The van der Waals surface area contributed by atoms with Crippen LogP contribution < -0.4 is 20.7 Å². The molecule has 0 bridgehead atoms. The molecular weight excluding hydrogens is 466 g/mol. The molecule has 0 saturated carbocycles. The number of nitrogens with one attached hydrogen (secondary N) is 3. The summed E-state index contributed by atoms with van der Waals surface area (Å²) >= 11 is 8.64. The van der Waals surface area contributed by atoms with E-state index in [1.807, 2.05) is 33.8 Å². The second-order valence-corrected chi connectivity index (χ2v) is 8.78. The normalized spacial score (nSPS) is 10.6. The van der Waals surface area contributed by atoms with Gasteiger partial charge in [0.2, 0.25) is 0 Å². The first-order valence-corrected chi connectivity index (χ1v) is 10.8. The van der Waals surface area contributed by atoms with Crippen molar-refractivity contribution in [3.63, 3.8) is 0 Å². The largest absolute Gasteiger partial charge is 0.492 e. The Morgan fingerprint density at radius 3 is 2.30 bits per heavy atom. The molecule has 3 N–H and O–H groups in total. The number of rotatable bonds is 7. The SMILES string of the molecule is CC(C)COc1ccc(Br)cc1C(=O)NC(=S)Nc1ccc(C(=O)NC(C)C)cc1. The van der Waals surface area contributed by atoms with Crippen LogP contribution in [0.15, 0.2) is 46.9 Å². The van der Waals surface area contributed by atoms with E-state index in [2.05, 4.69) is 31.9 Å². The van der Waals surface area contributed by atoms with Gasteiger partial charge in [-0.05, 0) is 74.4 Å². The summed E-state index contributed by atoms with van der Waals surface area (Å²) in [5.41, 5.74) is 1.59. The maximum Gasteiger partial charge on any atom is 0.261 e. The van der Waals surface area contributed by atoms with E-state index in [1.165, 1.54) is 0 Å². The number of carbonyl (C=O) groups excluding carboxylic acids is 2. The lowest BCUT2D eigenvalue weighted by Crippen LogP contribution is -2.34. The Bertz CT molecular complexity index is 914. The predicted molar refractivity (Wildman–Crippen MR) is 127 cm³/mol. The molecule has 160 valence electrons. The maximum atomic E-state index is 12.7. The van der Waals surface area contributed by atoms with E-state index in [4.69, 9.17) is 17.0 Å². The molecule has 0 radical (unpaired) electrons. The molecule has 2 aromatic carbocycles. The second-order valence-electron chi connectivity index (χ2n) is 7.46. The van der Waals surface area contributed by atoms with E-state index in [1.54, 1.807) is 36.4 Å². The molecule has 2 amide bonds. The Balaban J connectivity index is 2.02. The quantitative estimate of drug-likeness (QED) is 0.487. The van der Waals surface area contributed by atoms with Gasteiger partial charge in [0, 0.05) is 21.8 Å². The van der Waals surface area contributed by atoms with Crippen LogP contribution >= 0.6 is 28.1 Å². The Labute approximate surface area is 190 Å². The van der Waals surface area contributed by atoms with Crippen LogP contribution in [0.3, 0.4) is 0 Å². The van der Waals surface area contributed by atoms with Gasteiger partial charge in [-0.15, -0.1) is 0 Å². The fraction of sp³-hybridized carbons (Fsp3) is 0.318. The van der Waals surface area contributed by atoms with Crippen molar-refractivity contribution < 1.29 is 14.3 Å². The third-order valence-electron chi connectivity index (χ3n) is 3.81. The molecule has 0 atom stereocenters. The summed E-state index contributed by atoms with van der Waals surface area (Å²) in [5, 5.41) is 8.59. The Morgan fingerprint density at radius 2 is 1.70 bits per heavy atom. The molecule has 0 fully saturated rings. The smallest absolute Gasteiger partial charge is 0.261 e. The summed E-state index contributed by atoms with van der Waals surface area (Å²) in [5.74, 6) is 0.308. The van der Waals surface area contributed by atoms with Crippen molar-refractivity contribution in [2.75, 3.05) is 11.9 Å². The first-order chi connectivity index (χ1) is 14.2. The molecule has 0 unspecified atom stereocenters. The molecule has 8 heteroatoms. The van der Waals surface area contributed by atoms with Gasteiger partial charge in [-0.25, -0.2) is 0 Å². The number of thiocarbonyl (C=S) groups is 1. The van der Waals surface area contributed by atoms with Gasteiger partial charge < -0.3 is 15.4 Å². The minimum absolute atomic E-state index is 0.0607. The first kappa shape index (κ1) is 23.8. The molecule has 0 aliphatic heterocycles. The fourth-order valence-corrected chi connectivity index (χ4v) is 3.02. The van der Waals surface area contributed by atoms with Crippen molar-refractivity contribution in [3.05, 3.63) is 58.1 Å². The molecule has 0 heterocycles. The molecule has 2 aromatic rings. The highest BCUT2D eigenvalue weighted by molar-refractivity contribution is 9.10. The van der Waals surface area contributed by atoms with Gasteiger partial charge in [0.1, 0.15) is 5.75 Å². The van der Waals surface area contributed by atoms with E-state index in [0.717, 1.165) is 4.47 Å². The number of benzene rings is 2. The van der Waals surface area contributed by atoms with Crippen LogP contribution in [0.25, 0.3) is 0 Å². The van der Waals surface area contributed by atoms with Gasteiger partial charge in [-0.2, -0.15) is 0 Å². The van der Waals surface area contributed by atoms with Gasteiger partial charge in [0.15, 0.2) is 5.11 Å². The number of amides is 2. The zero-order valence-corrected chi connectivity index (χ0v) is 19.8. The van der Waals surface area contributed by atoms with Crippen LogP contribution in [0.1, 0.15) is 48.4 Å². The molecule has 2 rings (SSSR count). The summed E-state index contributed by atoms with van der Waals surface area (Å²) < 4.78 is 6.52. The lowest BCUT2D eigenvalue weighted by molar-refractivity contribution is 0.0941. The molecule has 6 nitrogen and oxygen atoms in total. The summed E-state index contributed by atoms with van der Waals surface area (Å²) in [4.78, 5) is 24.7. The van der Waals surface area contributed by atoms with E-state index < -0.39 is 0 Å². The molecule has 0 aromatic heterocycles.